The van der Waals surface area contributed by atoms with Gasteiger partial charge in [-0.3, -0.25) is 9.69 Å². The molecule has 0 unspecified atom stereocenters. The van der Waals surface area contributed by atoms with Crippen LogP contribution in [0.5, 0.6) is 11.5 Å². The Bertz CT molecular complexity index is 981. The zero-order valence-electron chi connectivity index (χ0n) is 16.3. The van der Waals surface area contributed by atoms with E-state index in [1.807, 2.05) is 55.5 Å². The van der Waals surface area contributed by atoms with Gasteiger partial charge in [-0.1, -0.05) is 31.2 Å². The molecule has 0 radical (unpaired) electrons. The molecule has 2 aromatic rings. The van der Waals surface area contributed by atoms with Gasteiger partial charge in [0.2, 0.25) is 0 Å². The minimum atomic E-state index is -0.0599. The molecule has 0 aromatic heterocycles. The zero-order valence-corrected chi connectivity index (χ0v) is 17.1. The lowest BCUT2D eigenvalue weighted by Crippen LogP contribution is -2.29. The number of methoxy groups -OCH3 is 1. The molecule has 1 aliphatic rings. The van der Waals surface area contributed by atoms with Crippen LogP contribution in [0, 0.1) is 11.3 Å². The van der Waals surface area contributed by atoms with Crippen molar-refractivity contribution in [3.63, 3.8) is 0 Å². The quantitative estimate of drug-likeness (QED) is 0.627. The lowest BCUT2D eigenvalue weighted by Gasteiger charge is -2.13. The second kappa shape index (κ2) is 9.80. The maximum atomic E-state index is 12.9. The van der Waals surface area contributed by atoms with Crippen molar-refractivity contribution in [2.45, 2.75) is 13.3 Å². The minimum Gasteiger partial charge on any atom is -0.493 e. The molecule has 7 heteroatoms. The molecule has 1 heterocycles. The highest BCUT2D eigenvalue weighted by Crippen LogP contribution is 2.35. The number of nitrogens with zero attached hydrogens (tertiary/aromatic N) is 3. The van der Waals surface area contributed by atoms with Gasteiger partial charge in [0.25, 0.3) is 5.91 Å². The molecule has 0 atom stereocenters. The fourth-order valence-corrected chi connectivity index (χ4v) is 3.80. The standard InChI is InChI=1S/C22H21N3O3S/c1-3-12-25-21(26)20(29-22(25)24-17-7-5-4-6-8-17)15-16-9-10-18(28-13-11-23)19(14-16)27-2/h4-10,14-15H,3,12-13H2,1-2H3/b20-15+,24-22?. The Morgan fingerprint density at radius 3 is 2.69 bits per heavy atom. The van der Waals surface area contributed by atoms with Crippen LogP contribution in [0.3, 0.4) is 0 Å². The summed E-state index contributed by atoms with van der Waals surface area (Å²) in [5.74, 6) is 0.935. The van der Waals surface area contributed by atoms with Crippen molar-refractivity contribution in [3.8, 4) is 17.6 Å². The van der Waals surface area contributed by atoms with Gasteiger partial charge < -0.3 is 9.47 Å². The smallest absolute Gasteiger partial charge is 0.266 e. The number of carbonyl (C=O) groups excluding carboxylic acids is 1. The molecule has 1 fully saturated rings. The highest BCUT2D eigenvalue weighted by molar-refractivity contribution is 8.18. The molecule has 1 aliphatic heterocycles. The van der Waals surface area contributed by atoms with Crippen LogP contribution in [0.15, 0.2) is 58.4 Å². The van der Waals surface area contributed by atoms with Crippen LogP contribution in [0.1, 0.15) is 18.9 Å². The summed E-state index contributed by atoms with van der Waals surface area (Å²) in [5, 5.41) is 9.36. The van der Waals surface area contributed by atoms with Crippen molar-refractivity contribution in [3.05, 3.63) is 59.0 Å². The topological polar surface area (TPSA) is 74.9 Å². The number of carbonyl (C=O) groups is 1. The highest BCUT2D eigenvalue weighted by atomic mass is 32.2. The van der Waals surface area contributed by atoms with Crippen molar-refractivity contribution < 1.29 is 14.3 Å². The molecule has 0 aliphatic carbocycles. The lowest BCUT2D eigenvalue weighted by atomic mass is 10.2. The van der Waals surface area contributed by atoms with Gasteiger partial charge in [-0.2, -0.15) is 5.26 Å². The van der Waals surface area contributed by atoms with Gasteiger partial charge in [-0.25, -0.2) is 4.99 Å². The third-order valence-corrected chi connectivity index (χ3v) is 5.10. The van der Waals surface area contributed by atoms with Gasteiger partial charge in [0.15, 0.2) is 23.3 Å². The number of para-hydroxylation sites is 1. The molecule has 0 N–H and O–H groups in total. The molecule has 0 spiro atoms. The van der Waals surface area contributed by atoms with Crippen molar-refractivity contribution in [2.24, 2.45) is 4.99 Å². The second-order valence-corrected chi connectivity index (χ2v) is 7.16. The maximum Gasteiger partial charge on any atom is 0.266 e. The Hall–Kier alpha value is -3.24. The number of amides is 1. The largest absolute Gasteiger partial charge is 0.493 e. The van der Waals surface area contributed by atoms with Crippen LogP contribution in [-0.2, 0) is 4.79 Å². The molecule has 148 valence electrons. The summed E-state index contributed by atoms with van der Waals surface area (Å²) >= 11 is 1.36. The number of amidine groups is 1. The van der Waals surface area contributed by atoms with Gasteiger partial charge in [0.05, 0.1) is 17.7 Å². The molecule has 6 nitrogen and oxygen atoms in total. The first-order chi connectivity index (χ1) is 14.2. The number of ether oxygens (including phenoxy) is 2. The van der Waals surface area contributed by atoms with E-state index in [-0.39, 0.29) is 12.5 Å². The number of benzene rings is 2. The van der Waals surface area contributed by atoms with E-state index in [1.165, 1.54) is 18.9 Å². The molecule has 0 bridgehead atoms. The first kappa shape index (κ1) is 20.5. The fourth-order valence-electron chi connectivity index (χ4n) is 2.78. The zero-order chi connectivity index (χ0) is 20.6. The third kappa shape index (κ3) is 4.98. The first-order valence-electron chi connectivity index (χ1n) is 9.19. The van der Waals surface area contributed by atoms with Gasteiger partial charge in [-0.05, 0) is 54.1 Å². The van der Waals surface area contributed by atoms with Gasteiger partial charge >= 0.3 is 0 Å². The van der Waals surface area contributed by atoms with E-state index in [0.717, 1.165) is 17.7 Å². The summed E-state index contributed by atoms with van der Waals surface area (Å²) in [6, 6.07) is 16.9. The molecule has 1 saturated heterocycles. The molecule has 0 saturated carbocycles. The number of hydrogen-bond acceptors (Lipinski definition) is 6. The van der Waals surface area contributed by atoms with Crippen molar-refractivity contribution >= 4 is 34.6 Å². The van der Waals surface area contributed by atoms with Crippen LogP contribution in [0.2, 0.25) is 0 Å². The molecular weight excluding hydrogens is 386 g/mol. The van der Waals surface area contributed by atoms with Crippen LogP contribution in [0.4, 0.5) is 5.69 Å². The molecule has 1 amide bonds. The Morgan fingerprint density at radius 2 is 2.00 bits per heavy atom. The van der Waals surface area contributed by atoms with Crippen LogP contribution >= 0.6 is 11.8 Å². The summed E-state index contributed by atoms with van der Waals surface area (Å²) in [7, 11) is 1.54. The fraction of sp³-hybridized carbons (Fsp3) is 0.227. The number of thioether (sulfide) groups is 1. The van der Waals surface area contributed by atoms with Crippen LogP contribution in [-0.4, -0.2) is 36.2 Å². The normalized spacial score (nSPS) is 16.3. The van der Waals surface area contributed by atoms with Gasteiger partial charge in [0, 0.05) is 6.54 Å². The lowest BCUT2D eigenvalue weighted by molar-refractivity contribution is -0.122. The summed E-state index contributed by atoms with van der Waals surface area (Å²) in [5.41, 5.74) is 1.62. The van der Waals surface area contributed by atoms with E-state index in [2.05, 4.69) is 4.99 Å². The van der Waals surface area contributed by atoms with E-state index in [4.69, 9.17) is 14.7 Å². The first-order valence-corrected chi connectivity index (χ1v) is 10.0. The molecule has 2 aromatic carbocycles. The minimum absolute atomic E-state index is 0.0591. The average Bonchev–Trinajstić information content (AvgIpc) is 3.02. The number of nitriles is 1. The average molecular weight is 407 g/mol. The monoisotopic (exact) mass is 407 g/mol. The van der Waals surface area contributed by atoms with Gasteiger partial charge in [0.1, 0.15) is 6.07 Å². The summed E-state index contributed by atoms with van der Waals surface area (Å²) in [6.07, 6.45) is 2.66. The van der Waals surface area contributed by atoms with E-state index in [0.29, 0.717) is 28.1 Å². The van der Waals surface area contributed by atoms with E-state index >= 15 is 0 Å². The van der Waals surface area contributed by atoms with Crippen LogP contribution < -0.4 is 9.47 Å². The van der Waals surface area contributed by atoms with Crippen LogP contribution in [0.25, 0.3) is 6.08 Å². The highest BCUT2D eigenvalue weighted by Gasteiger charge is 2.32. The second-order valence-electron chi connectivity index (χ2n) is 6.15. The van der Waals surface area contributed by atoms with E-state index in [9.17, 15) is 4.79 Å². The maximum absolute atomic E-state index is 12.9. The molecular formula is C22H21N3O3S. The number of aliphatic imine (C=N–C) groups is 1. The summed E-state index contributed by atoms with van der Waals surface area (Å²) < 4.78 is 10.7. The molecule has 3 rings (SSSR count). The van der Waals surface area contributed by atoms with Crippen molar-refractivity contribution in [1.82, 2.24) is 4.90 Å². The SMILES string of the molecule is CCCN1C(=O)/C(=C\c2ccc(OCC#N)c(OC)c2)SC1=Nc1ccccc1. The molecule has 29 heavy (non-hydrogen) atoms. The Kier molecular flexibility index (Phi) is 6.93. The van der Waals surface area contributed by atoms with E-state index < -0.39 is 0 Å². The van der Waals surface area contributed by atoms with Crippen molar-refractivity contribution in [2.75, 3.05) is 20.3 Å². The Morgan fingerprint density at radius 1 is 1.21 bits per heavy atom. The number of hydrogen-bond donors (Lipinski definition) is 0. The third-order valence-electron chi connectivity index (χ3n) is 4.09. The predicted octanol–water partition coefficient (Wildman–Crippen LogP) is 4.61. The predicted molar refractivity (Wildman–Crippen MR) is 115 cm³/mol. The summed E-state index contributed by atoms with van der Waals surface area (Å²) in [6.45, 7) is 2.58. The Labute approximate surface area is 174 Å². The number of rotatable bonds is 7. The van der Waals surface area contributed by atoms with E-state index in [1.54, 1.807) is 17.0 Å². The Balaban J connectivity index is 1.90. The van der Waals surface area contributed by atoms with Gasteiger partial charge in [-0.15, -0.1) is 0 Å². The van der Waals surface area contributed by atoms with Crippen molar-refractivity contribution in [1.29, 1.82) is 5.26 Å². The summed E-state index contributed by atoms with van der Waals surface area (Å²) in [4.78, 5) is 19.9.